The standard InChI is InChI=1S/C17H18N2O4S/c20-17(21)9-12-3-4-13-5-6-15(10-14(13)8-12)19-24(22,23)16-2-1-7-18-11-16/h1-4,7-8,11,15,19H,5-6,9-10H2,(H,20,21). The number of rotatable bonds is 5. The van der Waals surface area contributed by atoms with Gasteiger partial charge in [-0.15, -0.1) is 0 Å². The van der Waals surface area contributed by atoms with Crippen molar-refractivity contribution in [2.75, 3.05) is 0 Å². The first-order chi connectivity index (χ1) is 11.4. The van der Waals surface area contributed by atoms with E-state index < -0.39 is 16.0 Å². The van der Waals surface area contributed by atoms with Gasteiger partial charge >= 0.3 is 5.97 Å². The summed E-state index contributed by atoms with van der Waals surface area (Å²) in [5, 5.41) is 8.90. The topological polar surface area (TPSA) is 96.4 Å². The van der Waals surface area contributed by atoms with Gasteiger partial charge in [-0.25, -0.2) is 13.1 Å². The van der Waals surface area contributed by atoms with Crippen LogP contribution in [0.4, 0.5) is 0 Å². The van der Waals surface area contributed by atoms with Gasteiger partial charge in [0, 0.05) is 18.4 Å². The number of hydrogen-bond donors (Lipinski definition) is 2. The van der Waals surface area contributed by atoms with Crippen molar-refractivity contribution in [1.29, 1.82) is 0 Å². The Bertz CT molecular complexity index is 850. The van der Waals surface area contributed by atoms with E-state index >= 15 is 0 Å². The molecule has 0 radical (unpaired) electrons. The molecule has 0 saturated heterocycles. The number of carboxylic acid groups (broad SMARTS) is 1. The Balaban J connectivity index is 1.76. The molecule has 2 N–H and O–H groups in total. The second-order valence-corrected chi connectivity index (χ2v) is 7.64. The smallest absolute Gasteiger partial charge is 0.307 e. The third-order valence-corrected chi connectivity index (χ3v) is 5.63. The van der Waals surface area contributed by atoms with Gasteiger partial charge in [0.2, 0.25) is 10.0 Å². The number of benzene rings is 1. The average molecular weight is 346 g/mol. The monoisotopic (exact) mass is 346 g/mol. The highest BCUT2D eigenvalue weighted by molar-refractivity contribution is 7.89. The van der Waals surface area contributed by atoms with Crippen LogP contribution in [0.5, 0.6) is 0 Å². The minimum atomic E-state index is -3.60. The van der Waals surface area contributed by atoms with E-state index in [1.807, 2.05) is 18.2 Å². The number of carboxylic acids is 1. The van der Waals surface area contributed by atoms with E-state index in [0.717, 1.165) is 23.1 Å². The van der Waals surface area contributed by atoms with Gasteiger partial charge in [-0.2, -0.15) is 0 Å². The van der Waals surface area contributed by atoms with Crippen LogP contribution < -0.4 is 4.72 Å². The Morgan fingerprint density at radius 2 is 2.12 bits per heavy atom. The number of aryl methyl sites for hydroxylation is 1. The lowest BCUT2D eigenvalue weighted by atomic mass is 9.87. The lowest BCUT2D eigenvalue weighted by Crippen LogP contribution is -2.38. The number of sulfonamides is 1. The maximum atomic E-state index is 12.4. The molecule has 3 rings (SSSR count). The number of nitrogens with one attached hydrogen (secondary N) is 1. The molecule has 1 atom stereocenters. The number of carbonyl (C=O) groups is 1. The number of pyridine rings is 1. The average Bonchev–Trinajstić information content (AvgIpc) is 2.54. The number of aliphatic carboxylic acids is 1. The van der Waals surface area contributed by atoms with Crippen molar-refractivity contribution < 1.29 is 18.3 Å². The summed E-state index contributed by atoms with van der Waals surface area (Å²) in [4.78, 5) is 14.8. The van der Waals surface area contributed by atoms with Crippen LogP contribution in [0.1, 0.15) is 23.1 Å². The minimum absolute atomic E-state index is 0.0284. The van der Waals surface area contributed by atoms with E-state index in [0.29, 0.717) is 12.8 Å². The zero-order valence-electron chi connectivity index (χ0n) is 13.0. The van der Waals surface area contributed by atoms with Crippen molar-refractivity contribution in [3.63, 3.8) is 0 Å². The first kappa shape index (κ1) is 16.6. The van der Waals surface area contributed by atoms with Crippen LogP contribution >= 0.6 is 0 Å². The van der Waals surface area contributed by atoms with E-state index in [1.165, 1.54) is 18.5 Å². The van der Waals surface area contributed by atoms with Crippen molar-refractivity contribution in [1.82, 2.24) is 9.71 Å². The van der Waals surface area contributed by atoms with Gasteiger partial charge in [0.05, 0.1) is 6.42 Å². The number of fused-ring (bicyclic) bond motifs is 1. The summed E-state index contributed by atoms with van der Waals surface area (Å²) < 4.78 is 27.5. The van der Waals surface area contributed by atoms with Crippen LogP contribution in [-0.4, -0.2) is 30.5 Å². The van der Waals surface area contributed by atoms with E-state index in [4.69, 9.17) is 5.11 Å². The highest BCUT2D eigenvalue weighted by atomic mass is 32.2. The highest BCUT2D eigenvalue weighted by Crippen LogP contribution is 2.24. The van der Waals surface area contributed by atoms with Crippen molar-refractivity contribution in [2.45, 2.75) is 36.6 Å². The fourth-order valence-electron chi connectivity index (χ4n) is 2.99. The molecule has 1 aromatic heterocycles. The molecule has 6 nitrogen and oxygen atoms in total. The van der Waals surface area contributed by atoms with Crippen LogP contribution in [0, 0.1) is 0 Å². The highest BCUT2D eigenvalue weighted by Gasteiger charge is 2.24. The molecule has 1 aliphatic carbocycles. The molecule has 24 heavy (non-hydrogen) atoms. The molecule has 0 aliphatic heterocycles. The first-order valence-corrected chi connectivity index (χ1v) is 9.17. The second-order valence-electron chi connectivity index (χ2n) is 5.92. The van der Waals surface area contributed by atoms with Gasteiger partial charge in [0.15, 0.2) is 0 Å². The van der Waals surface area contributed by atoms with Gasteiger partial charge < -0.3 is 5.11 Å². The van der Waals surface area contributed by atoms with Gasteiger partial charge in [-0.3, -0.25) is 9.78 Å². The Hall–Kier alpha value is -2.25. The molecular formula is C17H18N2O4S. The fraction of sp³-hybridized carbons (Fsp3) is 0.294. The van der Waals surface area contributed by atoms with Crippen molar-refractivity contribution in [3.8, 4) is 0 Å². The Morgan fingerprint density at radius 3 is 2.83 bits per heavy atom. The third-order valence-electron chi connectivity index (χ3n) is 4.12. The molecule has 0 amide bonds. The molecule has 1 unspecified atom stereocenters. The summed E-state index contributed by atoms with van der Waals surface area (Å²) in [5.74, 6) is -0.875. The van der Waals surface area contributed by atoms with Gasteiger partial charge in [0.25, 0.3) is 0 Å². The maximum Gasteiger partial charge on any atom is 0.307 e. The number of aromatic nitrogens is 1. The molecule has 0 saturated carbocycles. The molecule has 1 aromatic carbocycles. The minimum Gasteiger partial charge on any atom is -0.481 e. The van der Waals surface area contributed by atoms with E-state index in [9.17, 15) is 13.2 Å². The number of hydrogen-bond acceptors (Lipinski definition) is 4. The Morgan fingerprint density at radius 1 is 1.29 bits per heavy atom. The van der Waals surface area contributed by atoms with E-state index in [1.54, 1.807) is 6.07 Å². The zero-order valence-corrected chi connectivity index (χ0v) is 13.8. The zero-order chi connectivity index (χ0) is 17.2. The van der Waals surface area contributed by atoms with Crippen molar-refractivity contribution in [3.05, 3.63) is 59.4 Å². The predicted octanol–water partition coefficient (Wildman–Crippen LogP) is 1.54. The summed E-state index contributed by atoms with van der Waals surface area (Å²) in [5.41, 5.74) is 2.90. The lowest BCUT2D eigenvalue weighted by Gasteiger charge is -2.25. The SMILES string of the molecule is O=C(O)Cc1ccc2c(c1)CC(NS(=O)(=O)c1cccnc1)CC2. The summed E-state index contributed by atoms with van der Waals surface area (Å²) in [6, 6.07) is 8.53. The molecule has 1 aliphatic rings. The van der Waals surface area contributed by atoms with Crippen LogP contribution in [0.15, 0.2) is 47.6 Å². The quantitative estimate of drug-likeness (QED) is 0.856. The van der Waals surface area contributed by atoms with E-state index in [2.05, 4.69) is 9.71 Å². The molecule has 0 bridgehead atoms. The Labute approximate surface area is 140 Å². The fourth-order valence-corrected chi connectivity index (χ4v) is 4.22. The summed E-state index contributed by atoms with van der Waals surface area (Å²) in [7, 11) is -3.60. The third kappa shape index (κ3) is 3.80. The van der Waals surface area contributed by atoms with Crippen LogP contribution in [0.2, 0.25) is 0 Å². The lowest BCUT2D eigenvalue weighted by molar-refractivity contribution is -0.136. The van der Waals surface area contributed by atoms with Gasteiger partial charge in [-0.05, 0) is 48.1 Å². The van der Waals surface area contributed by atoms with E-state index in [-0.39, 0.29) is 17.4 Å². The molecular weight excluding hydrogens is 328 g/mol. The molecule has 2 aromatic rings. The molecule has 126 valence electrons. The summed E-state index contributed by atoms with van der Waals surface area (Å²) in [6.45, 7) is 0. The largest absolute Gasteiger partial charge is 0.481 e. The second kappa shape index (κ2) is 6.70. The maximum absolute atomic E-state index is 12.4. The number of nitrogens with zero attached hydrogens (tertiary/aromatic N) is 1. The van der Waals surface area contributed by atoms with Gasteiger partial charge in [-0.1, -0.05) is 18.2 Å². The molecule has 1 heterocycles. The molecule has 7 heteroatoms. The van der Waals surface area contributed by atoms with Crippen LogP contribution in [0.3, 0.4) is 0 Å². The molecule has 0 fully saturated rings. The summed E-state index contributed by atoms with van der Waals surface area (Å²) >= 11 is 0. The van der Waals surface area contributed by atoms with Gasteiger partial charge in [0.1, 0.15) is 4.90 Å². The van der Waals surface area contributed by atoms with Crippen LogP contribution in [-0.2, 0) is 34.1 Å². The molecule has 0 spiro atoms. The summed E-state index contributed by atoms with van der Waals surface area (Å²) in [6.07, 6.45) is 4.86. The normalized spacial score (nSPS) is 17.2. The van der Waals surface area contributed by atoms with Crippen molar-refractivity contribution >= 4 is 16.0 Å². The predicted molar refractivity (Wildman–Crippen MR) is 88.2 cm³/mol. The Kier molecular flexibility index (Phi) is 4.64. The van der Waals surface area contributed by atoms with Crippen LogP contribution in [0.25, 0.3) is 0 Å². The van der Waals surface area contributed by atoms with Crippen molar-refractivity contribution in [2.24, 2.45) is 0 Å². The first-order valence-electron chi connectivity index (χ1n) is 7.69.